The summed E-state index contributed by atoms with van der Waals surface area (Å²) in [7, 11) is -0.378. The zero-order valence-corrected chi connectivity index (χ0v) is 18.8. The number of methoxy groups -OCH3 is 2. The van der Waals surface area contributed by atoms with E-state index >= 15 is 0 Å². The molecule has 1 amide bonds. The Labute approximate surface area is 186 Å². The summed E-state index contributed by atoms with van der Waals surface area (Å²) in [4.78, 5) is 16.6. The largest absolute Gasteiger partial charge is 0.449 e. The van der Waals surface area contributed by atoms with E-state index in [1.165, 1.54) is 7.11 Å². The molecule has 1 fully saturated rings. The second kappa shape index (κ2) is 9.40. The van der Waals surface area contributed by atoms with Crippen LogP contribution in [0.15, 0.2) is 58.1 Å². The summed E-state index contributed by atoms with van der Waals surface area (Å²) in [5.41, 5.74) is 1.32. The molecule has 1 saturated carbocycles. The molecule has 0 aliphatic heterocycles. The number of aromatic nitrogens is 1. The number of sulfone groups is 1. The van der Waals surface area contributed by atoms with E-state index in [1.54, 1.807) is 55.9 Å². The van der Waals surface area contributed by atoms with Crippen molar-refractivity contribution in [2.45, 2.75) is 48.2 Å². The number of rotatable bonds is 7. The molecule has 0 spiro atoms. The highest BCUT2D eigenvalue weighted by Gasteiger charge is 2.39. The van der Waals surface area contributed by atoms with Gasteiger partial charge in [-0.05, 0) is 42.7 Å². The van der Waals surface area contributed by atoms with Crippen molar-refractivity contribution >= 4 is 26.7 Å². The molecule has 0 saturated heterocycles. The minimum absolute atomic E-state index is 0.0143. The summed E-state index contributed by atoms with van der Waals surface area (Å²) in [6.45, 7) is 0.244. The van der Waals surface area contributed by atoms with E-state index < -0.39 is 21.2 Å². The number of carbonyl (C=O) groups is 1. The number of nitrogens with zero attached hydrogens (tertiary/aromatic N) is 1. The highest BCUT2D eigenvalue weighted by molar-refractivity contribution is 7.92. The summed E-state index contributed by atoms with van der Waals surface area (Å²) >= 11 is 0. The molecule has 1 aromatic carbocycles. The molecule has 3 atom stereocenters. The number of furan rings is 1. The van der Waals surface area contributed by atoms with Gasteiger partial charge in [0.2, 0.25) is 0 Å². The van der Waals surface area contributed by atoms with Gasteiger partial charge in [0.05, 0.1) is 28.6 Å². The van der Waals surface area contributed by atoms with Crippen molar-refractivity contribution in [3.63, 3.8) is 0 Å². The van der Waals surface area contributed by atoms with Gasteiger partial charge in [-0.1, -0.05) is 12.1 Å². The minimum Gasteiger partial charge on any atom is -0.449 e. The van der Waals surface area contributed by atoms with Crippen LogP contribution in [-0.2, 0) is 25.9 Å². The molecule has 4 rings (SSSR count). The number of ether oxygens (including phenoxy) is 2. The lowest BCUT2D eigenvalue weighted by Gasteiger charge is -2.34. The number of hydrogen-bond donors (Lipinski definition) is 1. The highest BCUT2D eigenvalue weighted by atomic mass is 32.2. The normalized spacial score (nSPS) is 21.5. The van der Waals surface area contributed by atoms with Crippen molar-refractivity contribution in [1.29, 1.82) is 0 Å². The Hall–Kier alpha value is -2.75. The molecule has 0 radical (unpaired) electrons. The topological polar surface area (TPSA) is 108 Å². The van der Waals surface area contributed by atoms with Gasteiger partial charge in [0.15, 0.2) is 21.2 Å². The molecule has 3 unspecified atom stereocenters. The Bertz CT molecular complexity index is 1160. The van der Waals surface area contributed by atoms with E-state index in [1.807, 2.05) is 0 Å². The minimum atomic E-state index is -3.55. The second-order valence-electron chi connectivity index (χ2n) is 7.88. The van der Waals surface area contributed by atoms with E-state index in [2.05, 4.69) is 10.3 Å². The van der Waals surface area contributed by atoms with Gasteiger partial charge in [-0.25, -0.2) is 8.42 Å². The lowest BCUT2D eigenvalue weighted by molar-refractivity contribution is -0.00702. The van der Waals surface area contributed by atoms with Gasteiger partial charge in [0, 0.05) is 38.8 Å². The summed E-state index contributed by atoms with van der Waals surface area (Å²) < 4.78 is 42.8. The van der Waals surface area contributed by atoms with Crippen LogP contribution in [0.3, 0.4) is 0 Å². The lowest BCUT2D eigenvalue weighted by Crippen LogP contribution is -2.42. The van der Waals surface area contributed by atoms with Crippen LogP contribution in [0.1, 0.15) is 35.4 Å². The summed E-state index contributed by atoms with van der Waals surface area (Å²) in [6, 6.07) is 10.0. The van der Waals surface area contributed by atoms with Crippen molar-refractivity contribution in [3.8, 4) is 0 Å². The number of amides is 1. The molecule has 170 valence electrons. The summed E-state index contributed by atoms with van der Waals surface area (Å²) in [5, 5.41) is 2.98. The molecule has 1 N–H and O–H groups in total. The molecule has 1 aliphatic rings. The van der Waals surface area contributed by atoms with Crippen LogP contribution in [0, 0.1) is 0 Å². The van der Waals surface area contributed by atoms with Crippen LogP contribution < -0.4 is 5.32 Å². The number of fused-ring (bicyclic) bond motifs is 1. The van der Waals surface area contributed by atoms with Crippen LogP contribution in [0.5, 0.6) is 0 Å². The van der Waals surface area contributed by atoms with Gasteiger partial charge in [0.1, 0.15) is 0 Å². The van der Waals surface area contributed by atoms with Gasteiger partial charge in [0.25, 0.3) is 5.91 Å². The SMILES string of the molecule is COC1CCC(S(=O)(=O)c2ccc(CNC(=O)c3cc4ccncc4o3)cc2)C(OC)C1. The average Bonchev–Trinajstić information content (AvgIpc) is 3.27. The fraction of sp³-hybridized carbons (Fsp3) is 0.391. The quantitative estimate of drug-likeness (QED) is 0.580. The smallest absolute Gasteiger partial charge is 0.287 e. The summed E-state index contributed by atoms with van der Waals surface area (Å²) in [5.74, 6) is -0.153. The number of pyridine rings is 1. The molecule has 9 heteroatoms. The fourth-order valence-electron chi connectivity index (χ4n) is 4.12. The maximum atomic E-state index is 13.2. The first-order valence-corrected chi connectivity index (χ1v) is 12.0. The third-order valence-electron chi connectivity index (χ3n) is 5.97. The number of benzene rings is 1. The number of hydrogen-bond acceptors (Lipinski definition) is 7. The Morgan fingerprint density at radius 1 is 1.16 bits per heavy atom. The lowest BCUT2D eigenvalue weighted by atomic mass is 9.94. The van der Waals surface area contributed by atoms with Crippen LogP contribution in [0.2, 0.25) is 0 Å². The zero-order chi connectivity index (χ0) is 22.7. The predicted octanol–water partition coefficient (Wildman–Crippen LogP) is 3.11. The first-order valence-electron chi connectivity index (χ1n) is 10.4. The van der Waals surface area contributed by atoms with E-state index in [0.29, 0.717) is 24.8 Å². The van der Waals surface area contributed by atoms with Crippen molar-refractivity contribution in [1.82, 2.24) is 10.3 Å². The van der Waals surface area contributed by atoms with Crippen LogP contribution >= 0.6 is 0 Å². The standard InChI is InChI=1S/C23H26N2O6S/c1-29-17-5-8-22(19(12-17)30-2)32(27,28)18-6-3-15(4-7-18)13-25-23(26)20-11-16-9-10-24-14-21(16)31-20/h3-4,6-7,9-11,14,17,19,22H,5,8,12-13H2,1-2H3,(H,25,26). The van der Waals surface area contributed by atoms with E-state index in [9.17, 15) is 13.2 Å². The summed E-state index contributed by atoms with van der Waals surface area (Å²) in [6.07, 6.45) is 4.52. The first-order chi connectivity index (χ1) is 15.4. The van der Waals surface area contributed by atoms with Gasteiger partial charge in [-0.15, -0.1) is 0 Å². The first kappa shape index (κ1) is 22.4. The van der Waals surface area contributed by atoms with Crippen molar-refractivity contribution in [2.75, 3.05) is 14.2 Å². The molecule has 8 nitrogen and oxygen atoms in total. The number of carbonyl (C=O) groups excluding carboxylic acids is 1. The Morgan fingerprint density at radius 2 is 1.94 bits per heavy atom. The monoisotopic (exact) mass is 458 g/mol. The predicted molar refractivity (Wildman–Crippen MR) is 118 cm³/mol. The van der Waals surface area contributed by atoms with E-state index in [-0.39, 0.29) is 29.2 Å². The Balaban J connectivity index is 1.41. The Kier molecular flexibility index (Phi) is 6.59. The molecule has 0 bridgehead atoms. The average molecular weight is 459 g/mol. The Morgan fingerprint density at radius 3 is 2.62 bits per heavy atom. The van der Waals surface area contributed by atoms with Gasteiger partial charge in [-0.2, -0.15) is 0 Å². The molecule has 2 heterocycles. The van der Waals surface area contributed by atoms with Gasteiger partial charge < -0.3 is 19.2 Å². The van der Waals surface area contributed by atoms with E-state index in [0.717, 1.165) is 10.9 Å². The molecular formula is C23H26N2O6S. The molecular weight excluding hydrogens is 432 g/mol. The van der Waals surface area contributed by atoms with Crippen molar-refractivity contribution in [3.05, 3.63) is 60.1 Å². The van der Waals surface area contributed by atoms with Gasteiger partial charge >= 0.3 is 0 Å². The van der Waals surface area contributed by atoms with Crippen molar-refractivity contribution < 1.29 is 27.1 Å². The third-order valence-corrected chi connectivity index (χ3v) is 8.24. The van der Waals surface area contributed by atoms with Crippen molar-refractivity contribution in [2.24, 2.45) is 0 Å². The molecule has 3 aromatic rings. The maximum absolute atomic E-state index is 13.2. The third kappa shape index (κ3) is 4.55. The molecule has 1 aliphatic carbocycles. The van der Waals surface area contributed by atoms with E-state index in [4.69, 9.17) is 13.9 Å². The maximum Gasteiger partial charge on any atom is 0.287 e. The fourth-order valence-corrected chi connectivity index (χ4v) is 6.05. The van der Waals surface area contributed by atoms with Crippen LogP contribution in [0.25, 0.3) is 11.0 Å². The van der Waals surface area contributed by atoms with Crippen LogP contribution in [-0.4, -0.2) is 51.0 Å². The molecule has 32 heavy (non-hydrogen) atoms. The van der Waals surface area contributed by atoms with Crippen LogP contribution in [0.4, 0.5) is 0 Å². The molecule has 2 aromatic heterocycles. The highest BCUT2D eigenvalue weighted by Crippen LogP contribution is 2.32. The zero-order valence-electron chi connectivity index (χ0n) is 18.0. The number of nitrogens with one attached hydrogen (secondary N) is 1. The second-order valence-corrected chi connectivity index (χ2v) is 10.0. The van der Waals surface area contributed by atoms with Gasteiger partial charge in [-0.3, -0.25) is 9.78 Å².